The van der Waals surface area contributed by atoms with Gasteiger partial charge in [-0.3, -0.25) is 4.79 Å². The van der Waals surface area contributed by atoms with Gasteiger partial charge in [-0.2, -0.15) is 13.2 Å². The van der Waals surface area contributed by atoms with Crippen molar-refractivity contribution < 1.29 is 22.4 Å². The summed E-state index contributed by atoms with van der Waals surface area (Å²) in [5.41, 5.74) is 0.576. The van der Waals surface area contributed by atoms with E-state index >= 15 is 0 Å². The van der Waals surface area contributed by atoms with Gasteiger partial charge in [0.1, 0.15) is 5.52 Å². The predicted molar refractivity (Wildman–Crippen MR) is 90.2 cm³/mol. The zero-order valence-electron chi connectivity index (χ0n) is 12.6. The molecule has 0 spiro atoms. The van der Waals surface area contributed by atoms with Crippen LogP contribution in [0.15, 0.2) is 46.0 Å². The molecule has 0 aliphatic carbocycles. The first-order chi connectivity index (χ1) is 11.8. The topological polar surface area (TPSA) is 55.1 Å². The van der Waals surface area contributed by atoms with Gasteiger partial charge in [-0.1, -0.05) is 23.4 Å². The fourth-order valence-corrected chi connectivity index (χ4v) is 2.77. The van der Waals surface area contributed by atoms with Crippen molar-refractivity contribution in [2.75, 3.05) is 11.6 Å². The molecule has 0 radical (unpaired) electrons. The third-order valence-corrected chi connectivity index (χ3v) is 4.18. The molecular weight excluding hydrogens is 377 g/mol. The molecule has 1 aromatic heterocycles. The SMILES string of the molecule is CSc1nc2cc(NC(=O)c3ccc(C(F)(F)F)cc3Cl)ccc2o1. The molecule has 0 atom stereocenters. The fourth-order valence-electron chi connectivity index (χ4n) is 2.15. The second kappa shape index (κ2) is 6.61. The van der Waals surface area contributed by atoms with Crippen LogP contribution in [0.3, 0.4) is 0 Å². The number of hydrogen-bond acceptors (Lipinski definition) is 4. The molecular formula is C16H10ClF3N2O2S. The number of anilines is 1. The minimum atomic E-state index is -4.52. The Balaban J connectivity index is 1.84. The maximum atomic E-state index is 12.7. The number of nitrogens with zero attached hydrogens (tertiary/aromatic N) is 1. The summed E-state index contributed by atoms with van der Waals surface area (Å²) in [6.07, 6.45) is -2.70. The summed E-state index contributed by atoms with van der Waals surface area (Å²) in [5, 5.41) is 2.80. The molecule has 0 saturated heterocycles. The van der Waals surface area contributed by atoms with Crippen LogP contribution in [0.25, 0.3) is 11.1 Å². The molecule has 2 aromatic carbocycles. The molecule has 0 saturated carbocycles. The lowest BCUT2D eigenvalue weighted by molar-refractivity contribution is -0.137. The Bertz CT molecular complexity index is 956. The van der Waals surface area contributed by atoms with Crippen LogP contribution in [0.1, 0.15) is 15.9 Å². The van der Waals surface area contributed by atoms with Crippen LogP contribution in [-0.2, 0) is 6.18 Å². The molecule has 0 aliphatic heterocycles. The van der Waals surface area contributed by atoms with Crippen molar-refractivity contribution in [1.82, 2.24) is 4.98 Å². The average Bonchev–Trinajstić information content (AvgIpc) is 2.96. The van der Waals surface area contributed by atoms with Crippen molar-refractivity contribution in [3.63, 3.8) is 0 Å². The number of hydrogen-bond donors (Lipinski definition) is 1. The summed E-state index contributed by atoms with van der Waals surface area (Å²) in [4.78, 5) is 16.5. The van der Waals surface area contributed by atoms with Gasteiger partial charge in [0.25, 0.3) is 11.1 Å². The van der Waals surface area contributed by atoms with Gasteiger partial charge in [0.05, 0.1) is 16.1 Å². The second-order valence-corrected chi connectivity index (χ2v) is 6.18. The van der Waals surface area contributed by atoms with Crippen molar-refractivity contribution in [3.05, 3.63) is 52.5 Å². The smallest absolute Gasteiger partial charge is 0.416 e. The van der Waals surface area contributed by atoms with Gasteiger partial charge in [-0.25, -0.2) is 4.98 Å². The number of amides is 1. The van der Waals surface area contributed by atoms with Crippen molar-refractivity contribution in [2.45, 2.75) is 11.4 Å². The number of carbonyl (C=O) groups is 1. The van der Waals surface area contributed by atoms with E-state index in [9.17, 15) is 18.0 Å². The van der Waals surface area contributed by atoms with E-state index in [1.54, 1.807) is 18.2 Å². The number of oxazole rings is 1. The number of rotatable bonds is 3. The first-order valence-corrected chi connectivity index (χ1v) is 8.51. The lowest BCUT2D eigenvalue weighted by atomic mass is 10.1. The molecule has 0 unspecified atom stereocenters. The van der Waals surface area contributed by atoms with Gasteiger partial charge in [-0.15, -0.1) is 0 Å². The van der Waals surface area contributed by atoms with E-state index < -0.39 is 17.6 Å². The number of fused-ring (bicyclic) bond motifs is 1. The molecule has 3 rings (SSSR count). The van der Waals surface area contributed by atoms with Crippen LogP contribution >= 0.6 is 23.4 Å². The summed E-state index contributed by atoms with van der Waals surface area (Å²) in [6.45, 7) is 0. The minimum Gasteiger partial charge on any atom is -0.431 e. The highest BCUT2D eigenvalue weighted by molar-refractivity contribution is 7.98. The average molecular weight is 387 g/mol. The Kier molecular flexibility index (Phi) is 4.66. The number of benzene rings is 2. The van der Waals surface area contributed by atoms with E-state index in [1.165, 1.54) is 11.8 Å². The van der Waals surface area contributed by atoms with Gasteiger partial charge in [0.15, 0.2) is 5.58 Å². The first-order valence-electron chi connectivity index (χ1n) is 6.90. The summed E-state index contributed by atoms with van der Waals surface area (Å²) in [5.74, 6) is -0.619. The van der Waals surface area contributed by atoms with Crippen molar-refractivity contribution in [1.29, 1.82) is 0 Å². The zero-order chi connectivity index (χ0) is 18.2. The van der Waals surface area contributed by atoms with Crippen LogP contribution in [0.5, 0.6) is 0 Å². The monoisotopic (exact) mass is 386 g/mol. The van der Waals surface area contributed by atoms with E-state index in [-0.39, 0.29) is 10.6 Å². The Morgan fingerprint density at radius 3 is 2.64 bits per heavy atom. The highest BCUT2D eigenvalue weighted by Gasteiger charge is 2.31. The largest absolute Gasteiger partial charge is 0.431 e. The number of alkyl halides is 3. The Hall–Kier alpha value is -2.19. The van der Waals surface area contributed by atoms with Gasteiger partial charge < -0.3 is 9.73 Å². The molecule has 1 amide bonds. The standard InChI is InChI=1S/C16H10ClF3N2O2S/c1-25-15-22-12-7-9(3-5-13(12)24-15)21-14(23)10-4-2-8(6-11(10)17)16(18,19)20/h2-7H,1H3,(H,21,23). The number of aromatic nitrogens is 1. The second-order valence-electron chi connectivity index (χ2n) is 5.01. The molecule has 9 heteroatoms. The van der Waals surface area contributed by atoms with Crippen LogP contribution < -0.4 is 5.32 Å². The molecule has 0 aliphatic rings. The Morgan fingerprint density at radius 2 is 2.00 bits per heavy atom. The highest BCUT2D eigenvalue weighted by atomic mass is 35.5. The summed E-state index contributed by atoms with van der Waals surface area (Å²) in [6, 6.07) is 7.43. The Morgan fingerprint density at radius 1 is 1.24 bits per heavy atom. The van der Waals surface area contributed by atoms with Crippen molar-refractivity contribution in [2.24, 2.45) is 0 Å². The Labute approximate surface area is 149 Å². The maximum absolute atomic E-state index is 12.7. The van der Waals surface area contributed by atoms with Crippen LogP contribution in [-0.4, -0.2) is 17.1 Å². The molecule has 25 heavy (non-hydrogen) atoms. The van der Waals surface area contributed by atoms with Gasteiger partial charge >= 0.3 is 6.18 Å². The molecule has 0 bridgehead atoms. The third-order valence-electron chi connectivity index (χ3n) is 3.34. The third kappa shape index (κ3) is 3.74. The van der Waals surface area contributed by atoms with Crippen LogP contribution in [0.2, 0.25) is 5.02 Å². The molecule has 4 nitrogen and oxygen atoms in total. The highest BCUT2D eigenvalue weighted by Crippen LogP contribution is 2.32. The summed E-state index contributed by atoms with van der Waals surface area (Å²) < 4.78 is 43.4. The normalized spacial score (nSPS) is 11.7. The minimum absolute atomic E-state index is 0.0558. The van der Waals surface area contributed by atoms with Crippen LogP contribution in [0, 0.1) is 0 Å². The molecule has 3 aromatic rings. The number of carbonyl (C=O) groups excluding carboxylic acids is 1. The zero-order valence-corrected chi connectivity index (χ0v) is 14.2. The first kappa shape index (κ1) is 17.6. The lowest BCUT2D eigenvalue weighted by Gasteiger charge is -2.10. The van der Waals surface area contributed by atoms with Gasteiger partial charge in [-0.05, 0) is 42.7 Å². The molecule has 1 N–H and O–H groups in total. The van der Waals surface area contributed by atoms with E-state index in [4.69, 9.17) is 16.0 Å². The van der Waals surface area contributed by atoms with E-state index in [0.717, 1.165) is 18.2 Å². The van der Waals surface area contributed by atoms with Crippen molar-refractivity contribution >= 4 is 46.1 Å². The van der Waals surface area contributed by atoms with Gasteiger partial charge in [0.2, 0.25) is 0 Å². The van der Waals surface area contributed by atoms with E-state index in [0.29, 0.717) is 22.0 Å². The lowest BCUT2D eigenvalue weighted by Crippen LogP contribution is -2.13. The van der Waals surface area contributed by atoms with E-state index in [2.05, 4.69) is 10.3 Å². The number of nitrogens with one attached hydrogen (secondary N) is 1. The number of thioether (sulfide) groups is 1. The molecule has 130 valence electrons. The van der Waals surface area contributed by atoms with Crippen LogP contribution in [0.4, 0.5) is 18.9 Å². The number of halogens is 4. The predicted octanol–water partition coefficient (Wildman–Crippen LogP) is 5.47. The quantitative estimate of drug-likeness (QED) is 0.606. The molecule has 0 fully saturated rings. The summed E-state index contributed by atoms with van der Waals surface area (Å²) in [7, 11) is 0. The van der Waals surface area contributed by atoms with Crippen molar-refractivity contribution in [3.8, 4) is 0 Å². The summed E-state index contributed by atoms with van der Waals surface area (Å²) >= 11 is 7.16. The maximum Gasteiger partial charge on any atom is 0.416 e. The van der Waals surface area contributed by atoms with Gasteiger partial charge in [0, 0.05) is 5.69 Å². The van der Waals surface area contributed by atoms with E-state index in [1.807, 2.05) is 6.26 Å². The molecule has 1 heterocycles. The fraction of sp³-hybridized carbons (Fsp3) is 0.125.